The van der Waals surface area contributed by atoms with Crippen LogP contribution in [0.25, 0.3) is 0 Å². The molecule has 2 aromatic rings. The topological polar surface area (TPSA) is 77.5 Å². The number of nitrogens with two attached hydrogens (primary N) is 1. The molecule has 0 bridgehead atoms. The van der Waals surface area contributed by atoms with Gasteiger partial charge in [-0.1, -0.05) is 34.8 Å². The molecule has 106 valence electrons. The number of hydrazine groups is 1. The van der Waals surface area contributed by atoms with Crippen molar-refractivity contribution in [3.63, 3.8) is 0 Å². The van der Waals surface area contributed by atoms with Gasteiger partial charge in [-0.2, -0.15) is 0 Å². The quantitative estimate of drug-likeness (QED) is 0.388. The van der Waals surface area contributed by atoms with E-state index in [-0.39, 0.29) is 12.4 Å². The van der Waals surface area contributed by atoms with E-state index in [1.165, 1.54) is 18.4 Å². The molecule has 0 fully saturated rings. The van der Waals surface area contributed by atoms with Gasteiger partial charge >= 0.3 is 5.91 Å². The molecule has 8 heteroatoms. The van der Waals surface area contributed by atoms with Crippen LogP contribution in [0, 0.1) is 0 Å². The number of furan rings is 1. The van der Waals surface area contributed by atoms with E-state index in [1.54, 1.807) is 6.07 Å². The standard InChI is InChI=1S/C12H9Cl3N2O3/c13-7-3-9(15)10(4-8(7)14)20-5-6-1-2-19-11(6)12(18)17-16/h1-4H,5,16H2,(H,17,18). The smallest absolute Gasteiger partial charge is 0.301 e. The molecule has 0 atom stereocenters. The van der Waals surface area contributed by atoms with Crippen LogP contribution in [0.5, 0.6) is 5.75 Å². The summed E-state index contributed by atoms with van der Waals surface area (Å²) in [6.07, 6.45) is 1.36. The molecule has 3 N–H and O–H groups in total. The third-order valence-electron chi connectivity index (χ3n) is 2.44. The van der Waals surface area contributed by atoms with Crippen LogP contribution >= 0.6 is 34.8 Å². The molecule has 0 spiro atoms. The van der Waals surface area contributed by atoms with Crippen molar-refractivity contribution in [3.8, 4) is 5.75 Å². The Morgan fingerprint density at radius 2 is 1.95 bits per heavy atom. The van der Waals surface area contributed by atoms with Crippen molar-refractivity contribution in [1.29, 1.82) is 0 Å². The second-order valence-corrected chi connectivity index (χ2v) is 4.96. The van der Waals surface area contributed by atoms with Gasteiger partial charge in [0.15, 0.2) is 5.76 Å². The van der Waals surface area contributed by atoms with Gasteiger partial charge in [0, 0.05) is 11.6 Å². The molecule has 0 aliphatic heterocycles. The van der Waals surface area contributed by atoms with Crippen molar-refractivity contribution in [3.05, 3.63) is 50.9 Å². The summed E-state index contributed by atoms with van der Waals surface area (Å²) in [5, 5.41) is 0.960. The summed E-state index contributed by atoms with van der Waals surface area (Å²) in [6.45, 7) is 0.0664. The van der Waals surface area contributed by atoms with Crippen LogP contribution in [0.3, 0.4) is 0 Å². The number of benzene rings is 1. The van der Waals surface area contributed by atoms with E-state index in [0.29, 0.717) is 26.4 Å². The number of ether oxygens (including phenoxy) is 1. The summed E-state index contributed by atoms with van der Waals surface area (Å²) in [7, 11) is 0. The van der Waals surface area contributed by atoms with Crippen LogP contribution in [0.15, 0.2) is 28.9 Å². The minimum Gasteiger partial charge on any atom is -0.487 e. The summed E-state index contributed by atoms with van der Waals surface area (Å²) in [5.41, 5.74) is 2.50. The van der Waals surface area contributed by atoms with Crippen molar-refractivity contribution >= 4 is 40.7 Å². The molecule has 2 rings (SSSR count). The molecular weight excluding hydrogens is 327 g/mol. The van der Waals surface area contributed by atoms with E-state index in [0.717, 1.165) is 0 Å². The Bertz CT molecular complexity index is 643. The molecular formula is C12H9Cl3N2O3. The number of halogens is 3. The first-order valence-corrected chi connectivity index (χ1v) is 6.51. The number of nitrogen functional groups attached to an aromatic ring is 1. The Morgan fingerprint density at radius 1 is 1.25 bits per heavy atom. The number of hydrogen-bond acceptors (Lipinski definition) is 4. The van der Waals surface area contributed by atoms with Crippen LogP contribution < -0.4 is 16.0 Å². The monoisotopic (exact) mass is 334 g/mol. The number of amides is 1. The second-order valence-electron chi connectivity index (χ2n) is 3.73. The Hall–Kier alpha value is -1.40. The van der Waals surface area contributed by atoms with Crippen molar-refractivity contribution < 1.29 is 13.9 Å². The van der Waals surface area contributed by atoms with Crippen LogP contribution in [-0.4, -0.2) is 5.91 Å². The lowest BCUT2D eigenvalue weighted by Crippen LogP contribution is -2.30. The lowest BCUT2D eigenvalue weighted by Gasteiger charge is -2.09. The zero-order valence-corrected chi connectivity index (χ0v) is 12.2. The van der Waals surface area contributed by atoms with E-state index in [4.69, 9.17) is 49.8 Å². The van der Waals surface area contributed by atoms with E-state index < -0.39 is 5.91 Å². The molecule has 0 radical (unpaired) electrons. The SMILES string of the molecule is NNC(=O)c1occc1COc1cc(Cl)c(Cl)cc1Cl. The molecule has 1 aromatic heterocycles. The van der Waals surface area contributed by atoms with Gasteiger partial charge in [-0.25, -0.2) is 5.84 Å². The van der Waals surface area contributed by atoms with Crippen LogP contribution in [0.2, 0.25) is 15.1 Å². The summed E-state index contributed by atoms with van der Waals surface area (Å²) in [6, 6.07) is 4.56. The number of rotatable bonds is 4. The second kappa shape index (κ2) is 6.37. The fraction of sp³-hybridized carbons (Fsp3) is 0.0833. The average Bonchev–Trinajstić information content (AvgIpc) is 2.89. The maximum atomic E-state index is 11.4. The highest BCUT2D eigenvalue weighted by molar-refractivity contribution is 6.43. The summed E-state index contributed by atoms with van der Waals surface area (Å²) >= 11 is 17.7. The maximum Gasteiger partial charge on any atom is 0.301 e. The van der Waals surface area contributed by atoms with E-state index in [9.17, 15) is 4.79 Å². The Morgan fingerprint density at radius 3 is 2.65 bits per heavy atom. The van der Waals surface area contributed by atoms with Crippen molar-refractivity contribution in [2.75, 3.05) is 0 Å². The van der Waals surface area contributed by atoms with Crippen molar-refractivity contribution in [2.45, 2.75) is 6.61 Å². The largest absolute Gasteiger partial charge is 0.487 e. The third kappa shape index (κ3) is 3.19. The van der Waals surface area contributed by atoms with Gasteiger partial charge in [0.1, 0.15) is 12.4 Å². The third-order valence-corrected chi connectivity index (χ3v) is 3.46. The van der Waals surface area contributed by atoms with Crippen LogP contribution in [0.4, 0.5) is 0 Å². The Kier molecular flexibility index (Phi) is 4.77. The molecule has 1 amide bonds. The molecule has 20 heavy (non-hydrogen) atoms. The normalized spacial score (nSPS) is 10.4. The zero-order chi connectivity index (χ0) is 14.7. The minimum atomic E-state index is -0.547. The first-order valence-electron chi connectivity index (χ1n) is 5.37. The van der Waals surface area contributed by atoms with Gasteiger partial charge in [-0.3, -0.25) is 10.2 Å². The van der Waals surface area contributed by atoms with Gasteiger partial charge in [0.25, 0.3) is 0 Å². The summed E-state index contributed by atoms with van der Waals surface area (Å²) < 4.78 is 10.5. The molecule has 0 aliphatic rings. The lowest BCUT2D eigenvalue weighted by atomic mass is 10.2. The van der Waals surface area contributed by atoms with E-state index in [1.807, 2.05) is 5.43 Å². The highest BCUT2D eigenvalue weighted by Gasteiger charge is 2.15. The summed E-state index contributed by atoms with van der Waals surface area (Å²) in [5.74, 6) is 4.92. The summed E-state index contributed by atoms with van der Waals surface area (Å²) in [4.78, 5) is 11.4. The van der Waals surface area contributed by atoms with Gasteiger partial charge in [0.2, 0.25) is 0 Å². The van der Waals surface area contributed by atoms with Crippen LogP contribution in [0.1, 0.15) is 16.1 Å². The first kappa shape index (κ1) is 15.0. The van der Waals surface area contributed by atoms with Gasteiger partial charge < -0.3 is 9.15 Å². The molecule has 1 aromatic carbocycles. The highest BCUT2D eigenvalue weighted by Crippen LogP contribution is 2.34. The molecule has 0 saturated carbocycles. The van der Waals surface area contributed by atoms with E-state index in [2.05, 4.69) is 0 Å². The molecule has 0 unspecified atom stereocenters. The fourth-order valence-electron chi connectivity index (χ4n) is 1.48. The average molecular weight is 336 g/mol. The van der Waals surface area contributed by atoms with Crippen molar-refractivity contribution in [1.82, 2.24) is 5.43 Å². The van der Waals surface area contributed by atoms with Gasteiger partial charge in [-0.15, -0.1) is 0 Å². The van der Waals surface area contributed by atoms with Crippen LogP contribution in [-0.2, 0) is 6.61 Å². The predicted octanol–water partition coefficient (Wildman–Crippen LogP) is 3.42. The van der Waals surface area contributed by atoms with Crippen molar-refractivity contribution in [2.24, 2.45) is 5.84 Å². The molecule has 0 aliphatic carbocycles. The molecule has 0 saturated heterocycles. The van der Waals surface area contributed by atoms with Gasteiger partial charge in [-0.05, 0) is 12.1 Å². The predicted molar refractivity (Wildman–Crippen MR) is 76.2 cm³/mol. The maximum absolute atomic E-state index is 11.4. The molecule has 1 heterocycles. The lowest BCUT2D eigenvalue weighted by molar-refractivity contribution is 0.0922. The Labute approximate surface area is 129 Å². The highest BCUT2D eigenvalue weighted by atomic mass is 35.5. The minimum absolute atomic E-state index is 0.0664. The number of nitrogens with one attached hydrogen (secondary N) is 1. The molecule has 5 nitrogen and oxygen atoms in total. The number of carbonyl (C=O) groups excluding carboxylic acids is 1. The van der Waals surface area contributed by atoms with E-state index >= 15 is 0 Å². The Balaban J connectivity index is 2.15. The fourth-order valence-corrected chi connectivity index (χ4v) is 2.08. The number of carbonyl (C=O) groups is 1. The zero-order valence-electron chi connectivity index (χ0n) is 9.95. The van der Waals surface area contributed by atoms with Gasteiger partial charge in [0.05, 0.1) is 21.3 Å². The first-order chi connectivity index (χ1) is 9.52. The number of hydrogen-bond donors (Lipinski definition) is 2.